The van der Waals surface area contributed by atoms with Crippen molar-refractivity contribution in [3.63, 3.8) is 0 Å². The van der Waals surface area contributed by atoms with Gasteiger partial charge in [0, 0.05) is 18.3 Å². The number of carbonyl (C=O) groups excluding carboxylic acids is 3. The van der Waals surface area contributed by atoms with E-state index in [-0.39, 0.29) is 47.0 Å². The maximum Gasteiger partial charge on any atom is 0.400 e. The Kier molecular flexibility index (Phi) is 8.57. The normalized spacial score (nSPS) is 32.3. The van der Waals surface area contributed by atoms with E-state index in [1.54, 1.807) is 0 Å². The van der Waals surface area contributed by atoms with Gasteiger partial charge < -0.3 is 14.2 Å². The van der Waals surface area contributed by atoms with Crippen LogP contribution in [-0.2, 0) is 48.8 Å². The number of halogens is 3. The first-order valence-corrected chi connectivity index (χ1v) is 16.9. The van der Waals surface area contributed by atoms with E-state index < -0.39 is 86.6 Å². The standard InChI is InChI=1S/C27H31F3O12S2/c1-12-8-13(3-5-20(12)43(34,35)36)14-2-4-16(25(32)41-22-15-10-17-19(11-15)26(33)42-23(17)22)18(9-14)24(31)40-7-6-21(28)27(29,30)44(37,38)39/h3,5,8,14-19,21-23H,2,4,6-7,9-11H2,1H3,(H,34,35,36)(H,37,38,39). The van der Waals surface area contributed by atoms with Crippen LogP contribution in [0.25, 0.3) is 0 Å². The van der Waals surface area contributed by atoms with Gasteiger partial charge in [-0.05, 0) is 62.1 Å². The lowest BCUT2D eigenvalue weighted by Crippen LogP contribution is -2.42. The Labute approximate surface area is 251 Å². The van der Waals surface area contributed by atoms with Crippen molar-refractivity contribution in [3.8, 4) is 0 Å². The highest BCUT2D eigenvalue weighted by Crippen LogP contribution is 2.56. The SMILES string of the molecule is Cc1cc(C2CCC(C(=O)OC3C4CC5C(=O)OC3C5C4)C(C(=O)OCCC(F)C(F)(F)S(=O)(=O)O)C2)ccc1S(=O)(=O)O. The second kappa shape index (κ2) is 11.6. The third-order valence-electron chi connectivity index (χ3n) is 9.39. The van der Waals surface area contributed by atoms with Gasteiger partial charge in [-0.25, -0.2) is 4.39 Å². The van der Waals surface area contributed by atoms with Gasteiger partial charge in [0.05, 0.1) is 29.3 Å². The molecule has 4 fully saturated rings. The lowest BCUT2D eigenvalue weighted by Gasteiger charge is -2.35. The molecule has 5 rings (SSSR count). The number of hydrogen-bond donors (Lipinski definition) is 2. The summed E-state index contributed by atoms with van der Waals surface area (Å²) in [5.74, 6) is -5.17. The number of aryl methyl sites for hydroxylation is 1. The third kappa shape index (κ3) is 5.95. The van der Waals surface area contributed by atoms with Crippen LogP contribution < -0.4 is 0 Å². The van der Waals surface area contributed by atoms with E-state index in [9.17, 15) is 48.9 Å². The maximum absolute atomic E-state index is 14.0. The van der Waals surface area contributed by atoms with Gasteiger partial charge in [-0.3, -0.25) is 23.5 Å². The molecule has 3 aliphatic carbocycles. The average Bonchev–Trinajstić information content (AvgIpc) is 3.56. The maximum atomic E-state index is 14.0. The average molecular weight is 669 g/mol. The molecule has 44 heavy (non-hydrogen) atoms. The highest BCUT2D eigenvalue weighted by atomic mass is 32.2. The summed E-state index contributed by atoms with van der Waals surface area (Å²) in [5, 5.41) is -5.13. The molecule has 2 N–H and O–H groups in total. The van der Waals surface area contributed by atoms with Crippen molar-refractivity contribution in [1.29, 1.82) is 0 Å². The van der Waals surface area contributed by atoms with Crippen molar-refractivity contribution in [2.75, 3.05) is 6.61 Å². The number of hydrogen-bond acceptors (Lipinski definition) is 10. The van der Waals surface area contributed by atoms with Crippen LogP contribution in [0.1, 0.15) is 55.6 Å². The number of fused-ring (bicyclic) bond motifs is 1. The van der Waals surface area contributed by atoms with Gasteiger partial charge in [-0.2, -0.15) is 25.6 Å². The van der Waals surface area contributed by atoms with E-state index in [1.807, 2.05) is 0 Å². The molecule has 0 aromatic heterocycles. The van der Waals surface area contributed by atoms with E-state index in [0.717, 1.165) is 0 Å². The van der Waals surface area contributed by atoms with Gasteiger partial charge in [-0.1, -0.05) is 12.1 Å². The highest BCUT2D eigenvalue weighted by Gasteiger charge is 2.63. The van der Waals surface area contributed by atoms with Crippen molar-refractivity contribution in [2.45, 2.75) is 79.9 Å². The predicted octanol–water partition coefficient (Wildman–Crippen LogP) is 2.99. The third-order valence-corrected chi connectivity index (χ3v) is 11.4. The second-order valence-corrected chi connectivity index (χ2v) is 14.9. The van der Waals surface area contributed by atoms with E-state index >= 15 is 0 Å². The van der Waals surface area contributed by atoms with E-state index in [1.165, 1.54) is 25.1 Å². The van der Waals surface area contributed by atoms with Crippen LogP contribution >= 0.6 is 0 Å². The molecule has 0 amide bonds. The molecule has 17 heteroatoms. The van der Waals surface area contributed by atoms with Crippen LogP contribution in [0.4, 0.5) is 13.2 Å². The minimum absolute atomic E-state index is 0.0271. The Hall–Kier alpha value is -2.76. The first-order chi connectivity index (χ1) is 20.4. The van der Waals surface area contributed by atoms with Gasteiger partial charge in [0.15, 0.2) is 6.17 Å². The minimum atomic E-state index is -6.06. The molecule has 3 saturated carbocycles. The molecular formula is C27H31F3O12S2. The number of esters is 3. The Bertz CT molecular complexity index is 1560. The van der Waals surface area contributed by atoms with Crippen molar-refractivity contribution in [1.82, 2.24) is 0 Å². The summed E-state index contributed by atoms with van der Waals surface area (Å²) in [4.78, 5) is 38.5. The number of benzene rings is 1. The van der Waals surface area contributed by atoms with Gasteiger partial charge in [-0.15, -0.1) is 0 Å². The smallest absolute Gasteiger partial charge is 0.400 e. The van der Waals surface area contributed by atoms with Crippen LogP contribution in [-0.4, -0.2) is 74.1 Å². The Morgan fingerprint density at radius 2 is 1.77 bits per heavy atom. The Morgan fingerprint density at radius 3 is 2.41 bits per heavy atom. The molecule has 1 saturated heterocycles. The fraction of sp³-hybridized carbons (Fsp3) is 0.667. The van der Waals surface area contributed by atoms with Gasteiger partial charge in [0.1, 0.15) is 12.2 Å². The zero-order valence-electron chi connectivity index (χ0n) is 23.3. The van der Waals surface area contributed by atoms with Gasteiger partial charge >= 0.3 is 33.3 Å². The molecule has 1 heterocycles. The summed E-state index contributed by atoms with van der Waals surface area (Å²) in [7, 11) is -10.6. The van der Waals surface area contributed by atoms with Crippen molar-refractivity contribution in [2.24, 2.45) is 29.6 Å². The predicted molar refractivity (Wildman–Crippen MR) is 141 cm³/mol. The molecule has 1 aliphatic heterocycles. The summed E-state index contributed by atoms with van der Waals surface area (Å²) in [5.41, 5.74) is 0.827. The Morgan fingerprint density at radius 1 is 1.07 bits per heavy atom. The highest BCUT2D eigenvalue weighted by molar-refractivity contribution is 7.87. The summed E-state index contributed by atoms with van der Waals surface area (Å²) in [6.45, 7) is 0.481. The van der Waals surface area contributed by atoms with E-state index in [4.69, 9.17) is 18.8 Å². The molecule has 0 spiro atoms. The molecule has 244 valence electrons. The monoisotopic (exact) mass is 668 g/mol. The van der Waals surface area contributed by atoms with E-state index in [2.05, 4.69) is 0 Å². The molecule has 1 aromatic carbocycles. The Balaban J connectivity index is 1.31. The zero-order valence-corrected chi connectivity index (χ0v) is 24.9. The lowest BCUT2D eigenvalue weighted by atomic mass is 9.71. The molecule has 0 radical (unpaired) electrons. The second-order valence-electron chi connectivity index (χ2n) is 12.0. The summed E-state index contributed by atoms with van der Waals surface area (Å²) in [6, 6.07) is 4.17. The van der Waals surface area contributed by atoms with Crippen molar-refractivity contribution < 1.29 is 67.7 Å². The molecule has 9 unspecified atom stereocenters. The number of alkyl halides is 3. The molecule has 4 aliphatic rings. The first-order valence-electron chi connectivity index (χ1n) is 14.0. The van der Waals surface area contributed by atoms with Crippen LogP contribution in [0, 0.1) is 36.5 Å². The van der Waals surface area contributed by atoms with Crippen molar-refractivity contribution >= 4 is 38.1 Å². The largest absolute Gasteiger partial charge is 0.465 e. The number of rotatable bonds is 10. The lowest BCUT2D eigenvalue weighted by molar-refractivity contribution is -0.173. The summed E-state index contributed by atoms with van der Waals surface area (Å²) in [6.07, 6.45) is -4.31. The zero-order chi connectivity index (χ0) is 32.4. The van der Waals surface area contributed by atoms with Crippen LogP contribution in [0.15, 0.2) is 23.1 Å². The molecule has 2 bridgehead atoms. The number of carbonyl (C=O) groups is 3. The molecule has 9 atom stereocenters. The molecule has 12 nitrogen and oxygen atoms in total. The van der Waals surface area contributed by atoms with Crippen LogP contribution in [0.3, 0.4) is 0 Å². The fourth-order valence-corrected chi connectivity index (χ4v) is 8.36. The summed E-state index contributed by atoms with van der Waals surface area (Å²) < 4.78 is 120. The fourth-order valence-electron chi connectivity index (χ4n) is 7.22. The number of ether oxygens (including phenoxy) is 3. The van der Waals surface area contributed by atoms with Gasteiger partial charge in [0.2, 0.25) is 0 Å². The minimum Gasteiger partial charge on any atom is -0.465 e. The molecule has 1 aromatic rings. The van der Waals surface area contributed by atoms with Crippen LogP contribution in [0.5, 0.6) is 0 Å². The quantitative estimate of drug-likeness (QED) is 0.211. The van der Waals surface area contributed by atoms with Gasteiger partial charge in [0.25, 0.3) is 10.1 Å². The molecular weight excluding hydrogens is 637 g/mol. The van der Waals surface area contributed by atoms with Crippen molar-refractivity contribution in [3.05, 3.63) is 29.3 Å². The van der Waals surface area contributed by atoms with E-state index in [0.29, 0.717) is 24.8 Å². The van der Waals surface area contributed by atoms with Crippen LogP contribution in [0.2, 0.25) is 0 Å². The summed E-state index contributed by atoms with van der Waals surface area (Å²) >= 11 is 0. The topological polar surface area (TPSA) is 188 Å². The first kappa shape index (κ1) is 32.6.